The molecular formula is C29H28N2O3. The number of amides is 1. The smallest absolute Gasteiger partial charge is 0.410 e. The van der Waals surface area contributed by atoms with Gasteiger partial charge in [0.25, 0.3) is 0 Å². The van der Waals surface area contributed by atoms with Crippen molar-refractivity contribution in [2.75, 3.05) is 13.2 Å². The molecule has 5 nitrogen and oxygen atoms in total. The minimum atomic E-state index is -0.200. The Morgan fingerprint density at radius 1 is 1.00 bits per heavy atom. The fourth-order valence-corrected chi connectivity index (χ4v) is 5.80. The van der Waals surface area contributed by atoms with E-state index in [1.807, 2.05) is 24.1 Å². The first-order valence-electron chi connectivity index (χ1n) is 12.2. The summed E-state index contributed by atoms with van der Waals surface area (Å²) in [4.78, 5) is 19.6. The molecule has 2 unspecified atom stereocenters. The van der Waals surface area contributed by atoms with Gasteiger partial charge < -0.3 is 9.47 Å². The second-order valence-corrected chi connectivity index (χ2v) is 9.22. The third-order valence-electron chi connectivity index (χ3n) is 7.34. The second kappa shape index (κ2) is 8.64. The summed E-state index contributed by atoms with van der Waals surface area (Å²) in [6.07, 6.45) is 6.70. The summed E-state index contributed by atoms with van der Waals surface area (Å²) in [6, 6.07) is 21.1. The third-order valence-corrected chi connectivity index (χ3v) is 7.34. The van der Waals surface area contributed by atoms with E-state index in [0.29, 0.717) is 19.1 Å². The van der Waals surface area contributed by atoms with Crippen molar-refractivity contribution in [2.45, 2.75) is 44.2 Å². The van der Waals surface area contributed by atoms with Crippen LogP contribution in [0.15, 0.2) is 72.9 Å². The number of fused-ring (bicyclic) bond motifs is 5. The summed E-state index contributed by atoms with van der Waals surface area (Å²) in [5, 5.41) is 0. The van der Waals surface area contributed by atoms with Gasteiger partial charge in [-0.05, 0) is 65.6 Å². The molecule has 0 N–H and O–H groups in total. The van der Waals surface area contributed by atoms with Gasteiger partial charge in [-0.25, -0.2) is 9.78 Å². The Morgan fingerprint density at radius 3 is 2.38 bits per heavy atom. The van der Waals surface area contributed by atoms with Crippen LogP contribution in [0.3, 0.4) is 0 Å². The number of benzene rings is 2. The first-order valence-corrected chi connectivity index (χ1v) is 12.2. The molecule has 1 saturated heterocycles. The van der Waals surface area contributed by atoms with Gasteiger partial charge in [0.2, 0.25) is 5.88 Å². The molecule has 3 heterocycles. The number of pyridine rings is 1. The van der Waals surface area contributed by atoms with Gasteiger partial charge in [0, 0.05) is 24.2 Å². The number of ether oxygens (including phenoxy) is 2. The summed E-state index contributed by atoms with van der Waals surface area (Å²) in [7, 11) is 0. The van der Waals surface area contributed by atoms with Crippen molar-refractivity contribution < 1.29 is 14.3 Å². The van der Waals surface area contributed by atoms with Crippen LogP contribution < -0.4 is 4.74 Å². The van der Waals surface area contributed by atoms with Crippen LogP contribution >= 0.6 is 0 Å². The van der Waals surface area contributed by atoms with E-state index in [1.54, 1.807) is 0 Å². The number of carbonyl (C=O) groups is 1. The lowest BCUT2D eigenvalue weighted by atomic mass is 9.96. The van der Waals surface area contributed by atoms with E-state index < -0.39 is 0 Å². The average Bonchev–Trinajstić information content (AvgIpc) is 3.34. The summed E-state index contributed by atoms with van der Waals surface area (Å²) in [6.45, 7) is 2.92. The molecule has 2 aromatic carbocycles. The highest BCUT2D eigenvalue weighted by atomic mass is 16.6. The Morgan fingerprint density at radius 2 is 1.74 bits per heavy atom. The van der Waals surface area contributed by atoms with Crippen LogP contribution in [0.25, 0.3) is 16.7 Å². The molecule has 1 aromatic heterocycles. The second-order valence-electron chi connectivity index (χ2n) is 9.22. The number of rotatable bonds is 5. The molecule has 0 spiro atoms. The highest BCUT2D eigenvalue weighted by molar-refractivity contribution is 5.79. The molecule has 5 heteroatoms. The van der Waals surface area contributed by atoms with Crippen molar-refractivity contribution >= 4 is 11.7 Å². The van der Waals surface area contributed by atoms with Gasteiger partial charge in [-0.1, -0.05) is 54.6 Å². The van der Waals surface area contributed by atoms with Crippen LogP contribution in [0, 0.1) is 0 Å². The minimum absolute atomic E-state index is 0.0796. The molecule has 0 radical (unpaired) electrons. The van der Waals surface area contributed by atoms with Gasteiger partial charge >= 0.3 is 6.09 Å². The van der Waals surface area contributed by atoms with Crippen molar-refractivity contribution in [3.05, 3.63) is 89.6 Å². The molecule has 0 saturated carbocycles. The van der Waals surface area contributed by atoms with Crippen LogP contribution in [0.2, 0.25) is 0 Å². The average molecular weight is 453 g/mol. The molecule has 34 heavy (non-hydrogen) atoms. The number of hydrogen-bond donors (Lipinski definition) is 0. The summed E-state index contributed by atoms with van der Waals surface area (Å²) in [5.41, 5.74) is 7.33. The molecule has 2 aliphatic heterocycles. The van der Waals surface area contributed by atoms with E-state index in [2.05, 4.69) is 65.7 Å². The molecule has 1 amide bonds. The molecule has 3 aliphatic rings. The molecule has 2 bridgehead atoms. The van der Waals surface area contributed by atoms with Crippen molar-refractivity contribution in [3.8, 4) is 17.0 Å². The highest BCUT2D eigenvalue weighted by Crippen LogP contribution is 2.45. The van der Waals surface area contributed by atoms with Crippen LogP contribution in [-0.2, 0) is 4.74 Å². The zero-order valence-electron chi connectivity index (χ0n) is 19.3. The van der Waals surface area contributed by atoms with E-state index in [1.165, 1.54) is 27.8 Å². The summed E-state index contributed by atoms with van der Waals surface area (Å²) in [5.74, 6) is 0.728. The number of aromatic nitrogens is 1. The SMILES string of the molecule is CCOc1ccc(C2=CC3CCC(C2)N3C(=O)OCC2c3ccccc3-c3ccccc32)cn1. The predicted octanol–water partition coefficient (Wildman–Crippen LogP) is 6.05. The summed E-state index contributed by atoms with van der Waals surface area (Å²) < 4.78 is 11.4. The van der Waals surface area contributed by atoms with Gasteiger partial charge in [0.15, 0.2) is 0 Å². The number of carbonyl (C=O) groups excluding carboxylic acids is 1. The fraction of sp³-hybridized carbons (Fsp3) is 0.310. The van der Waals surface area contributed by atoms with Gasteiger partial charge in [-0.2, -0.15) is 0 Å². The lowest BCUT2D eigenvalue weighted by Gasteiger charge is -2.33. The number of hydrogen-bond acceptors (Lipinski definition) is 4. The Balaban J connectivity index is 1.17. The number of nitrogens with zero attached hydrogens (tertiary/aromatic N) is 2. The highest BCUT2D eigenvalue weighted by Gasteiger charge is 2.41. The Hall–Kier alpha value is -3.60. The van der Waals surface area contributed by atoms with Crippen LogP contribution in [0.1, 0.15) is 48.8 Å². The maximum Gasteiger partial charge on any atom is 0.410 e. The molecular weight excluding hydrogens is 424 g/mol. The zero-order chi connectivity index (χ0) is 23.1. The van der Waals surface area contributed by atoms with Crippen LogP contribution in [0.5, 0.6) is 5.88 Å². The molecule has 3 aromatic rings. The monoisotopic (exact) mass is 452 g/mol. The maximum atomic E-state index is 13.2. The molecule has 172 valence electrons. The largest absolute Gasteiger partial charge is 0.478 e. The van der Waals surface area contributed by atoms with Crippen molar-refractivity contribution in [1.82, 2.24) is 9.88 Å². The molecule has 2 atom stereocenters. The van der Waals surface area contributed by atoms with Crippen molar-refractivity contribution in [2.24, 2.45) is 0 Å². The van der Waals surface area contributed by atoms with E-state index in [0.717, 1.165) is 24.8 Å². The van der Waals surface area contributed by atoms with Gasteiger partial charge in [0.05, 0.1) is 12.6 Å². The van der Waals surface area contributed by atoms with E-state index >= 15 is 0 Å². The van der Waals surface area contributed by atoms with E-state index in [4.69, 9.17) is 9.47 Å². The quantitative estimate of drug-likeness (QED) is 0.473. The zero-order valence-corrected chi connectivity index (χ0v) is 19.3. The molecule has 1 fully saturated rings. The van der Waals surface area contributed by atoms with Crippen LogP contribution in [0.4, 0.5) is 4.79 Å². The van der Waals surface area contributed by atoms with Crippen LogP contribution in [-0.4, -0.2) is 41.3 Å². The van der Waals surface area contributed by atoms with Gasteiger partial charge in [0.1, 0.15) is 6.61 Å². The Labute approximate surface area is 200 Å². The first-order chi connectivity index (χ1) is 16.7. The van der Waals surface area contributed by atoms with Gasteiger partial charge in [-0.3, -0.25) is 4.90 Å². The lowest BCUT2D eigenvalue weighted by molar-refractivity contribution is 0.0866. The van der Waals surface area contributed by atoms with Crippen molar-refractivity contribution in [3.63, 3.8) is 0 Å². The fourth-order valence-electron chi connectivity index (χ4n) is 5.80. The third kappa shape index (κ3) is 3.56. The standard InChI is InChI=1S/C29H28N2O3/c1-2-33-28-14-11-19(17-30-28)20-15-21-12-13-22(16-20)31(21)29(32)34-18-27-25-9-5-3-7-23(25)24-8-4-6-10-26(24)27/h3-11,14-15,17,21-22,27H,2,12-13,16,18H2,1H3. The Kier molecular flexibility index (Phi) is 5.33. The first kappa shape index (κ1) is 21.0. The topological polar surface area (TPSA) is 51.7 Å². The van der Waals surface area contributed by atoms with Gasteiger partial charge in [-0.15, -0.1) is 0 Å². The minimum Gasteiger partial charge on any atom is -0.478 e. The normalized spacial score (nSPS) is 20.5. The van der Waals surface area contributed by atoms with E-state index in [-0.39, 0.29) is 24.1 Å². The van der Waals surface area contributed by atoms with Crippen molar-refractivity contribution in [1.29, 1.82) is 0 Å². The lowest BCUT2D eigenvalue weighted by Crippen LogP contribution is -2.43. The molecule has 1 aliphatic carbocycles. The van der Waals surface area contributed by atoms with E-state index in [9.17, 15) is 4.79 Å². The predicted molar refractivity (Wildman–Crippen MR) is 132 cm³/mol. The summed E-state index contributed by atoms with van der Waals surface area (Å²) >= 11 is 0. The maximum absolute atomic E-state index is 13.2. The molecule has 6 rings (SSSR count). The Bertz CT molecular complexity index is 1200.